The lowest BCUT2D eigenvalue weighted by Crippen LogP contribution is -2.37. The molecule has 0 radical (unpaired) electrons. The summed E-state index contributed by atoms with van der Waals surface area (Å²) in [5.41, 5.74) is 4.62. The number of amidine groups is 1. The van der Waals surface area contributed by atoms with Crippen molar-refractivity contribution in [1.82, 2.24) is 4.98 Å². The Bertz CT molecular complexity index is 1030. The van der Waals surface area contributed by atoms with Gasteiger partial charge in [0.05, 0.1) is 15.3 Å². The molecule has 152 valence electrons. The number of benzene rings is 1. The SMILES string of the molecule is C[C@]1(c2cc(NC(=O)c3ccc(Cl)cn3)cc(F)c2F)N=C(N)S[C@@]2(CF)C[C@H]21. The molecule has 2 aromatic rings. The number of fused-ring (bicyclic) bond motifs is 1. The molecular formula is C19H16ClF3N4OS. The van der Waals surface area contributed by atoms with Crippen molar-refractivity contribution in [3.8, 4) is 0 Å². The summed E-state index contributed by atoms with van der Waals surface area (Å²) in [4.78, 5) is 20.6. The third kappa shape index (κ3) is 3.36. The average Bonchev–Trinajstić information content (AvgIpc) is 3.41. The summed E-state index contributed by atoms with van der Waals surface area (Å²) >= 11 is 6.88. The zero-order valence-corrected chi connectivity index (χ0v) is 16.8. The summed E-state index contributed by atoms with van der Waals surface area (Å²) in [5, 5.41) is 2.98. The molecule has 1 saturated carbocycles. The Morgan fingerprint density at radius 3 is 2.83 bits per heavy atom. The Morgan fingerprint density at radius 1 is 1.41 bits per heavy atom. The molecule has 3 atom stereocenters. The number of thioether (sulfide) groups is 1. The number of nitrogens with two attached hydrogens (primary N) is 1. The fourth-order valence-electron chi connectivity index (χ4n) is 3.81. The fourth-order valence-corrected chi connectivity index (χ4v) is 5.25. The summed E-state index contributed by atoms with van der Waals surface area (Å²) in [5.74, 6) is -3.20. The van der Waals surface area contributed by atoms with Gasteiger partial charge in [0.15, 0.2) is 16.8 Å². The summed E-state index contributed by atoms with van der Waals surface area (Å²) < 4.78 is 41.9. The first-order valence-corrected chi connectivity index (χ1v) is 9.91. The van der Waals surface area contributed by atoms with Crippen molar-refractivity contribution in [3.63, 3.8) is 0 Å². The molecule has 2 aliphatic rings. The number of carbonyl (C=O) groups is 1. The summed E-state index contributed by atoms with van der Waals surface area (Å²) in [7, 11) is 0. The van der Waals surface area contributed by atoms with E-state index in [0.29, 0.717) is 11.4 Å². The van der Waals surface area contributed by atoms with Gasteiger partial charge in [-0.1, -0.05) is 23.4 Å². The van der Waals surface area contributed by atoms with Crippen LogP contribution in [0, 0.1) is 17.6 Å². The molecule has 0 spiro atoms. The maximum atomic E-state index is 14.7. The molecule has 1 amide bonds. The van der Waals surface area contributed by atoms with E-state index in [1.807, 2.05) is 0 Å². The summed E-state index contributed by atoms with van der Waals surface area (Å²) in [6.07, 6.45) is 1.75. The van der Waals surface area contributed by atoms with E-state index in [9.17, 15) is 18.0 Å². The molecule has 0 saturated heterocycles. The van der Waals surface area contributed by atoms with E-state index in [4.69, 9.17) is 17.3 Å². The quantitative estimate of drug-likeness (QED) is 0.744. The summed E-state index contributed by atoms with van der Waals surface area (Å²) in [6, 6.07) is 5.07. The van der Waals surface area contributed by atoms with E-state index in [1.54, 1.807) is 6.92 Å². The molecule has 1 fully saturated rings. The van der Waals surface area contributed by atoms with Crippen LogP contribution in [0.5, 0.6) is 0 Å². The van der Waals surface area contributed by atoms with Gasteiger partial charge in [-0.15, -0.1) is 0 Å². The number of nitrogens with zero attached hydrogens (tertiary/aromatic N) is 2. The molecule has 29 heavy (non-hydrogen) atoms. The highest BCUT2D eigenvalue weighted by Crippen LogP contribution is 2.66. The van der Waals surface area contributed by atoms with Crippen molar-refractivity contribution in [3.05, 3.63) is 58.4 Å². The first-order valence-electron chi connectivity index (χ1n) is 8.71. The Balaban J connectivity index is 1.70. The van der Waals surface area contributed by atoms with Crippen molar-refractivity contribution in [2.75, 3.05) is 12.0 Å². The van der Waals surface area contributed by atoms with E-state index in [0.717, 1.165) is 17.8 Å². The maximum Gasteiger partial charge on any atom is 0.274 e. The lowest BCUT2D eigenvalue weighted by atomic mass is 9.85. The van der Waals surface area contributed by atoms with Crippen LogP contribution < -0.4 is 11.1 Å². The van der Waals surface area contributed by atoms with Crippen LogP contribution in [0.4, 0.5) is 18.9 Å². The number of hydrogen-bond acceptors (Lipinski definition) is 5. The number of carbonyl (C=O) groups excluding carboxylic acids is 1. The topological polar surface area (TPSA) is 80.4 Å². The van der Waals surface area contributed by atoms with Crippen LogP contribution in [0.15, 0.2) is 35.5 Å². The Labute approximate surface area is 173 Å². The highest BCUT2D eigenvalue weighted by atomic mass is 35.5. The molecule has 1 aromatic heterocycles. The van der Waals surface area contributed by atoms with Gasteiger partial charge in [0.1, 0.15) is 12.4 Å². The van der Waals surface area contributed by atoms with Gasteiger partial charge >= 0.3 is 0 Å². The minimum Gasteiger partial charge on any atom is -0.378 e. The average molecular weight is 441 g/mol. The van der Waals surface area contributed by atoms with Crippen molar-refractivity contribution < 1.29 is 18.0 Å². The Morgan fingerprint density at radius 2 is 2.17 bits per heavy atom. The molecule has 2 heterocycles. The van der Waals surface area contributed by atoms with E-state index < -0.39 is 34.5 Å². The third-order valence-corrected chi connectivity index (χ3v) is 6.86. The molecule has 10 heteroatoms. The van der Waals surface area contributed by atoms with Crippen LogP contribution in [-0.2, 0) is 5.54 Å². The molecule has 1 aliphatic carbocycles. The number of hydrogen-bond donors (Lipinski definition) is 2. The zero-order chi connectivity index (χ0) is 21.0. The Kier molecular flexibility index (Phi) is 4.77. The third-order valence-electron chi connectivity index (χ3n) is 5.37. The molecule has 0 unspecified atom stereocenters. The van der Waals surface area contributed by atoms with E-state index in [2.05, 4.69) is 15.3 Å². The smallest absolute Gasteiger partial charge is 0.274 e. The molecular weight excluding hydrogens is 425 g/mol. The number of halogens is 4. The van der Waals surface area contributed by atoms with Gasteiger partial charge in [-0.05, 0) is 31.5 Å². The van der Waals surface area contributed by atoms with Crippen LogP contribution in [0.25, 0.3) is 0 Å². The van der Waals surface area contributed by atoms with Crippen molar-refractivity contribution in [2.24, 2.45) is 16.6 Å². The first kappa shape index (κ1) is 20.0. The number of amides is 1. The van der Waals surface area contributed by atoms with Gasteiger partial charge in [0, 0.05) is 29.4 Å². The van der Waals surface area contributed by atoms with E-state index in [1.165, 1.54) is 24.4 Å². The van der Waals surface area contributed by atoms with Gasteiger partial charge in [0.25, 0.3) is 5.91 Å². The Hall–Kier alpha value is -2.26. The molecule has 1 aromatic carbocycles. The van der Waals surface area contributed by atoms with Crippen LogP contribution >= 0.6 is 23.4 Å². The van der Waals surface area contributed by atoms with Crippen LogP contribution in [0.2, 0.25) is 5.02 Å². The molecule has 5 nitrogen and oxygen atoms in total. The predicted molar refractivity (Wildman–Crippen MR) is 107 cm³/mol. The largest absolute Gasteiger partial charge is 0.378 e. The predicted octanol–water partition coefficient (Wildman–Crippen LogP) is 4.27. The second-order valence-electron chi connectivity index (χ2n) is 7.29. The van der Waals surface area contributed by atoms with Gasteiger partial charge in [0.2, 0.25) is 0 Å². The number of pyridine rings is 1. The zero-order valence-electron chi connectivity index (χ0n) is 15.2. The van der Waals surface area contributed by atoms with Gasteiger partial charge in [-0.2, -0.15) is 0 Å². The number of anilines is 1. The van der Waals surface area contributed by atoms with E-state index >= 15 is 0 Å². The normalized spacial score (nSPS) is 27.8. The molecule has 0 bridgehead atoms. The van der Waals surface area contributed by atoms with Gasteiger partial charge in [-0.3, -0.25) is 9.79 Å². The van der Waals surface area contributed by atoms with Gasteiger partial charge < -0.3 is 11.1 Å². The van der Waals surface area contributed by atoms with Crippen molar-refractivity contribution >= 4 is 40.1 Å². The highest BCUT2D eigenvalue weighted by molar-refractivity contribution is 8.15. The van der Waals surface area contributed by atoms with Crippen LogP contribution in [-0.4, -0.2) is 27.5 Å². The van der Waals surface area contributed by atoms with Crippen molar-refractivity contribution in [2.45, 2.75) is 23.6 Å². The van der Waals surface area contributed by atoms with Gasteiger partial charge in [-0.25, -0.2) is 18.2 Å². The minimum absolute atomic E-state index is 0.0281. The molecule has 4 rings (SSSR count). The number of alkyl halides is 1. The highest BCUT2D eigenvalue weighted by Gasteiger charge is 2.66. The number of aromatic nitrogens is 1. The number of rotatable bonds is 4. The minimum atomic E-state index is -1.24. The lowest BCUT2D eigenvalue weighted by molar-refractivity contribution is 0.102. The summed E-state index contributed by atoms with van der Waals surface area (Å²) in [6.45, 7) is 0.961. The lowest BCUT2D eigenvalue weighted by Gasteiger charge is -2.33. The van der Waals surface area contributed by atoms with Crippen LogP contribution in [0.1, 0.15) is 29.4 Å². The second kappa shape index (κ2) is 6.91. The number of aliphatic imine (C=N–C) groups is 1. The van der Waals surface area contributed by atoms with E-state index in [-0.39, 0.29) is 28.0 Å². The van der Waals surface area contributed by atoms with Crippen LogP contribution in [0.3, 0.4) is 0 Å². The number of nitrogens with one attached hydrogen (secondary N) is 1. The second-order valence-corrected chi connectivity index (χ2v) is 9.16. The fraction of sp³-hybridized carbons (Fsp3) is 0.316. The first-order chi connectivity index (χ1) is 13.7. The molecule has 3 N–H and O–H groups in total. The molecule has 1 aliphatic heterocycles. The van der Waals surface area contributed by atoms with Crippen molar-refractivity contribution in [1.29, 1.82) is 0 Å². The standard InChI is InChI=1S/C19H16ClF3N4OS/c1-18(14-6-19(14,8-21)29-17(24)27-18)11-4-10(5-12(22)15(11)23)26-16(28)13-3-2-9(20)7-25-13/h2-5,7,14H,6,8H2,1H3,(H2,24,27)(H,26,28)/t14-,18+,19+/m0/s1. The maximum absolute atomic E-state index is 14.7. The monoisotopic (exact) mass is 440 g/mol.